The maximum Gasteiger partial charge on any atom is 0.331 e. The topological polar surface area (TPSA) is 130 Å². The molecule has 4 rings (SSSR count). The van der Waals surface area contributed by atoms with Gasteiger partial charge in [0.2, 0.25) is 0 Å². The van der Waals surface area contributed by atoms with Crippen LogP contribution in [0.1, 0.15) is 100 Å². The van der Waals surface area contributed by atoms with Gasteiger partial charge >= 0.3 is 17.9 Å². The van der Waals surface area contributed by atoms with Crippen molar-refractivity contribution in [2.75, 3.05) is 0 Å². The van der Waals surface area contributed by atoms with Crippen molar-refractivity contribution in [1.29, 1.82) is 0 Å². The summed E-state index contributed by atoms with van der Waals surface area (Å²) in [6.45, 7) is 15.1. The fourth-order valence-corrected chi connectivity index (χ4v) is 10.1. The molecule has 0 saturated heterocycles. The van der Waals surface area contributed by atoms with Gasteiger partial charge in [-0.1, -0.05) is 39.3 Å². The van der Waals surface area contributed by atoms with Gasteiger partial charge < -0.3 is 24.8 Å². The normalized spacial score (nSPS) is 44.5. The largest absolute Gasteiger partial charge is 0.478 e. The third-order valence-electron chi connectivity index (χ3n) is 12.0. The average molecular weight is 575 g/mol. The van der Waals surface area contributed by atoms with Crippen molar-refractivity contribution in [1.82, 2.24) is 0 Å². The van der Waals surface area contributed by atoms with Gasteiger partial charge in [0.25, 0.3) is 0 Å². The van der Waals surface area contributed by atoms with E-state index in [0.717, 1.165) is 18.4 Å². The van der Waals surface area contributed by atoms with Crippen LogP contribution in [0.2, 0.25) is 0 Å². The zero-order chi connectivity index (χ0) is 30.7. The lowest BCUT2D eigenvalue weighted by Crippen LogP contribution is -2.72. The van der Waals surface area contributed by atoms with E-state index in [1.54, 1.807) is 0 Å². The molecule has 0 amide bonds. The first-order valence-electron chi connectivity index (χ1n) is 15.3. The van der Waals surface area contributed by atoms with Crippen LogP contribution in [0.25, 0.3) is 0 Å². The summed E-state index contributed by atoms with van der Waals surface area (Å²) in [6, 6.07) is 0. The first kappa shape index (κ1) is 31.7. The van der Waals surface area contributed by atoms with Crippen LogP contribution >= 0.6 is 0 Å². The van der Waals surface area contributed by atoms with Crippen LogP contribution in [-0.4, -0.2) is 57.6 Å². The Labute approximate surface area is 244 Å². The smallest absolute Gasteiger partial charge is 0.331 e. The fraction of sp³-hybridized carbons (Fsp3) is 0.788. The van der Waals surface area contributed by atoms with Gasteiger partial charge in [-0.05, 0) is 93.0 Å². The molecule has 11 atom stereocenters. The number of aliphatic hydroxyl groups is 2. The first-order valence-corrected chi connectivity index (χ1v) is 15.3. The molecule has 230 valence electrons. The molecule has 0 aromatic carbocycles. The van der Waals surface area contributed by atoms with Crippen LogP contribution < -0.4 is 0 Å². The summed E-state index contributed by atoms with van der Waals surface area (Å²) >= 11 is 0. The van der Waals surface area contributed by atoms with E-state index < -0.39 is 53.2 Å². The highest BCUT2D eigenvalue weighted by molar-refractivity contribution is 5.88. The summed E-state index contributed by atoms with van der Waals surface area (Å²) in [5.41, 5.74) is 0.360. The Balaban J connectivity index is 1.89. The molecule has 4 aliphatic rings. The Kier molecular flexibility index (Phi) is 8.63. The van der Waals surface area contributed by atoms with Crippen molar-refractivity contribution in [3.05, 3.63) is 22.8 Å². The Hall–Kier alpha value is -2.19. The summed E-state index contributed by atoms with van der Waals surface area (Å²) in [6.07, 6.45) is 3.08. The molecule has 8 heteroatoms. The number of carbonyl (C=O) groups is 3. The Morgan fingerprint density at radius 3 is 2.17 bits per heavy atom. The maximum absolute atomic E-state index is 12.7. The predicted octanol–water partition coefficient (Wildman–Crippen LogP) is 5.21. The number of aliphatic carboxylic acids is 1. The Morgan fingerprint density at radius 1 is 0.976 bits per heavy atom. The van der Waals surface area contributed by atoms with Gasteiger partial charge in [-0.25, -0.2) is 4.79 Å². The van der Waals surface area contributed by atoms with Gasteiger partial charge in [-0.15, -0.1) is 0 Å². The zero-order valence-electron chi connectivity index (χ0n) is 26.0. The van der Waals surface area contributed by atoms with Crippen molar-refractivity contribution in [3.63, 3.8) is 0 Å². The van der Waals surface area contributed by atoms with E-state index in [4.69, 9.17) is 9.47 Å². The van der Waals surface area contributed by atoms with Gasteiger partial charge in [0.15, 0.2) is 0 Å². The van der Waals surface area contributed by atoms with Crippen LogP contribution in [0.5, 0.6) is 0 Å². The summed E-state index contributed by atoms with van der Waals surface area (Å²) in [7, 11) is 0. The van der Waals surface area contributed by atoms with Crippen LogP contribution in [0, 0.1) is 39.9 Å². The van der Waals surface area contributed by atoms with Crippen LogP contribution in [-0.2, 0) is 23.9 Å². The van der Waals surface area contributed by atoms with E-state index in [1.807, 2.05) is 26.8 Å². The molecule has 8 nitrogen and oxygen atoms in total. The van der Waals surface area contributed by atoms with Crippen molar-refractivity contribution in [2.45, 2.75) is 125 Å². The third-order valence-corrected chi connectivity index (χ3v) is 12.0. The lowest BCUT2D eigenvalue weighted by atomic mass is 9.35. The lowest BCUT2D eigenvalue weighted by Gasteiger charge is -2.70. The average Bonchev–Trinajstić information content (AvgIpc) is 3.14. The number of fused-ring (bicyclic) bond motifs is 5. The van der Waals surface area contributed by atoms with Crippen LogP contribution in [0.4, 0.5) is 0 Å². The number of rotatable bonds is 6. The maximum atomic E-state index is 12.7. The van der Waals surface area contributed by atoms with Crippen LogP contribution in [0.15, 0.2) is 22.8 Å². The summed E-state index contributed by atoms with van der Waals surface area (Å²) < 4.78 is 11.8. The quantitative estimate of drug-likeness (QED) is 0.224. The van der Waals surface area contributed by atoms with Crippen molar-refractivity contribution >= 4 is 17.9 Å². The monoisotopic (exact) mass is 574 g/mol. The van der Waals surface area contributed by atoms with E-state index in [0.29, 0.717) is 43.3 Å². The number of aliphatic hydroxyl groups excluding tert-OH is 2. The molecule has 0 spiro atoms. The molecule has 41 heavy (non-hydrogen) atoms. The molecule has 3 N–H and O–H groups in total. The molecule has 0 heterocycles. The number of carboxylic acids is 1. The standard InChI is InChI=1S/C33H50O8/c1-17(2)10-9-11-21(30(38)39)26-22-12-13-25-31(6)15-14-23(36)18(3)27(31)28(41-20(5)35)29(37)33(25,8)32(22,7)16-24(26)40-19(4)34/h10,18,22-25,27-29,36-37H,9,11-16H2,1-8H3,(H,38,39)/b26-21+/t18-,22+,23-,24+,25+,27-,28?,29+,31-,32+,33-/m1/s1. The number of allylic oxidation sites excluding steroid dienone is 2. The second kappa shape index (κ2) is 11.1. The molecule has 4 fully saturated rings. The number of hydrogen-bond donors (Lipinski definition) is 3. The third kappa shape index (κ3) is 4.97. The summed E-state index contributed by atoms with van der Waals surface area (Å²) in [5, 5.41) is 33.6. The molecule has 0 aromatic rings. The van der Waals surface area contributed by atoms with Gasteiger partial charge in [0.1, 0.15) is 12.2 Å². The van der Waals surface area contributed by atoms with Gasteiger partial charge in [-0.2, -0.15) is 0 Å². The lowest BCUT2D eigenvalue weighted by molar-refractivity contribution is -0.288. The Bertz CT molecular complexity index is 1140. The highest BCUT2D eigenvalue weighted by Crippen LogP contribution is 2.74. The van der Waals surface area contributed by atoms with Crippen LogP contribution in [0.3, 0.4) is 0 Å². The summed E-state index contributed by atoms with van der Waals surface area (Å²) in [4.78, 5) is 37.5. The second-order valence-electron chi connectivity index (χ2n) is 14.3. The van der Waals surface area contributed by atoms with E-state index in [1.165, 1.54) is 13.8 Å². The number of esters is 2. The zero-order valence-corrected chi connectivity index (χ0v) is 26.0. The van der Waals surface area contributed by atoms with E-state index in [9.17, 15) is 29.7 Å². The Morgan fingerprint density at radius 2 is 1.61 bits per heavy atom. The molecule has 4 aliphatic carbocycles. The predicted molar refractivity (Wildman–Crippen MR) is 153 cm³/mol. The molecule has 4 saturated carbocycles. The number of hydrogen-bond acceptors (Lipinski definition) is 7. The molecular weight excluding hydrogens is 524 g/mol. The molecule has 0 bridgehead atoms. The fourth-order valence-electron chi connectivity index (χ4n) is 10.1. The van der Waals surface area contributed by atoms with Crippen molar-refractivity contribution < 1.29 is 39.2 Å². The first-order chi connectivity index (χ1) is 19.0. The second-order valence-corrected chi connectivity index (χ2v) is 14.3. The van der Waals surface area contributed by atoms with Crippen molar-refractivity contribution in [3.8, 4) is 0 Å². The molecule has 0 aromatic heterocycles. The van der Waals surface area contributed by atoms with E-state index in [-0.39, 0.29) is 29.1 Å². The SMILES string of the molecule is CC(=O)OC1[C@H]2[C@H](C)[C@H](O)CC[C@]2(C)[C@@H]2CC[C@H]3/C(=C(/CCC=C(C)C)C(=O)O)[C@@H](OC(C)=O)C[C@]3(C)[C@@]2(C)[C@H]1O. The number of carbonyl (C=O) groups excluding carboxylic acids is 2. The highest BCUT2D eigenvalue weighted by Gasteiger charge is 2.74. The molecular formula is C33H50O8. The minimum absolute atomic E-state index is 0.0364. The molecule has 0 radical (unpaired) electrons. The molecule has 0 aliphatic heterocycles. The van der Waals surface area contributed by atoms with Gasteiger partial charge in [0, 0.05) is 30.8 Å². The number of carboxylic acid groups (broad SMARTS) is 1. The molecule has 1 unspecified atom stereocenters. The summed E-state index contributed by atoms with van der Waals surface area (Å²) in [5.74, 6) is -2.50. The van der Waals surface area contributed by atoms with Gasteiger partial charge in [0.05, 0.1) is 12.2 Å². The minimum Gasteiger partial charge on any atom is -0.478 e. The van der Waals surface area contributed by atoms with Crippen molar-refractivity contribution in [2.24, 2.45) is 39.9 Å². The highest BCUT2D eigenvalue weighted by atomic mass is 16.6. The van der Waals surface area contributed by atoms with Gasteiger partial charge in [-0.3, -0.25) is 9.59 Å². The minimum atomic E-state index is -1.04. The van der Waals surface area contributed by atoms with E-state index in [2.05, 4.69) is 20.8 Å². The van der Waals surface area contributed by atoms with E-state index >= 15 is 0 Å². The number of ether oxygens (including phenoxy) is 2.